The van der Waals surface area contributed by atoms with Crippen LogP contribution in [0.3, 0.4) is 0 Å². The van der Waals surface area contributed by atoms with Crippen molar-refractivity contribution in [3.63, 3.8) is 0 Å². The molecule has 0 unspecified atom stereocenters. The van der Waals surface area contributed by atoms with E-state index >= 15 is 0 Å². The molecule has 18 heavy (non-hydrogen) atoms. The van der Waals surface area contributed by atoms with Crippen molar-refractivity contribution >= 4 is 23.1 Å². The van der Waals surface area contributed by atoms with E-state index in [1.165, 1.54) is 11.1 Å². The van der Waals surface area contributed by atoms with Crippen LogP contribution in [0.1, 0.15) is 36.8 Å². The Morgan fingerprint density at radius 1 is 1.33 bits per heavy atom. The molecule has 0 radical (unpaired) electrons. The van der Waals surface area contributed by atoms with E-state index in [1.54, 1.807) is 6.08 Å². The number of amides is 1. The molecule has 0 heterocycles. The average Bonchev–Trinajstić information content (AvgIpc) is 3.12. The number of rotatable bonds is 2. The Labute approximate surface area is 112 Å². The van der Waals surface area contributed by atoms with E-state index in [9.17, 15) is 4.79 Å². The standard InChI is InChI=1S/C15H16ClNO/c16-12-4-7-14-10(8-12)2-1-3-11(14)9-15(18)17-13-5-6-13/h4,7-9,13H,1-3,5-6H2,(H,17,18)/b11-9-. The normalized spacial score (nSPS) is 20.6. The second-order valence-corrected chi connectivity index (χ2v) is 5.54. The van der Waals surface area contributed by atoms with Crippen LogP contribution in [-0.4, -0.2) is 11.9 Å². The van der Waals surface area contributed by atoms with Gasteiger partial charge in [0.1, 0.15) is 0 Å². The van der Waals surface area contributed by atoms with Crippen molar-refractivity contribution in [1.29, 1.82) is 0 Å². The summed E-state index contributed by atoms with van der Waals surface area (Å²) in [6.07, 6.45) is 7.15. The first-order chi connectivity index (χ1) is 8.72. The van der Waals surface area contributed by atoms with Crippen molar-refractivity contribution in [2.75, 3.05) is 0 Å². The number of fused-ring (bicyclic) bond motifs is 1. The van der Waals surface area contributed by atoms with Crippen molar-refractivity contribution in [3.05, 3.63) is 40.4 Å². The molecule has 0 spiro atoms. The molecule has 1 aromatic rings. The van der Waals surface area contributed by atoms with Crippen LogP contribution in [0.25, 0.3) is 5.57 Å². The Kier molecular flexibility index (Phi) is 3.13. The Morgan fingerprint density at radius 3 is 2.94 bits per heavy atom. The lowest BCUT2D eigenvalue weighted by Crippen LogP contribution is -2.23. The van der Waals surface area contributed by atoms with Gasteiger partial charge in [0, 0.05) is 17.1 Å². The SMILES string of the molecule is O=C(/C=C1/CCCc2cc(Cl)ccc21)NC1CC1. The summed E-state index contributed by atoms with van der Waals surface area (Å²) in [5.74, 6) is 0.0512. The summed E-state index contributed by atoms with van der Waals surface area (Å²) in [5, 5.41) is 3.78. The van der Waals surface area contributed by atoms with Gasteiger partial charge in [-0.15, -0.1) is 0 Å². The molecule has 0 aromatic heterocycles. The molecular weight excluding hydrogens is 246 g/mol. The first-order valence-electron chi connectivity index (χ1n) is 6.52. The second-order valence-electron chi connectivity index (χ2n) is 5.11. The topological polar surface area (TPSA) is 29.1 Å². The number of aryl methyl sites for hydroxylation is 1. The lowest BCUT2D eigenvalue weighted by atomic mass is 9.87. The van der Waals surface area contributed by atoms with Crippen molar-refractivity contribution < 1.29 is 4.79 Å². The van der Waals surface area contributed by atoms with Crippen LogP contribution in [0.5, 0.6) is 0 Å². The van der Waals surface area contributed by atoms with E-state index in [0.717, 1.165) is 42.7 Å². The number of carbonyl (C=O) groups excluding carboxylic acids is 1. The number of hydrogen-bond acceptors (Lipinski definition) is 1. The van der Waals surface area contributed by atoms with Crippen molar-refractivity contribution in [1.82, 2.24) is 5.32 Å². The molecule has 3 heteroatoms. The zero-order valence-electron chi connectivity index (χ0n) is 10.2. The number of carbonyl (C=O) groups is 1. The molecule has 1 aromatic carbocycles. The molecule has 1 fully saturated rings. The molecule has 0 aliphatic heterocycles. The minimum atomic E-state index is 0.0512. The van der Waals surface area contributed by atoms with Gasteiger partial charge in [-0.1, -0.05) is 17.7 Å². The molecule has 2 aliphatic carbocycles. The lowest BCUT2D eigenvalue weighted by Gasteiger charge is -2.19. The fraction of sp³-hybridized carbons (Fsp3) is 0.400. The third kappa shape index (κ3) is 2.59. The smallest absolute Gasteiger partial charge is 0.244 e. The first-order valence-corrected chi connectivity index (χ1v) is 6.90. The predicted molar refractivity (Wildman–Crippen MR) is 73.5 cm³/mol. The van der Waals surface area contributed by atoms with Gasteiger partial charge in [0.2, 0.25) is 5.91 Å². The third-order valence-corrected chi connectivity index (χ3v) is 3.77. The fourth-order valence-electron chi connectivity index (χ4n) is 2.47. The molecular formula is C15H16ClNO. The van der Waals surface area contributed by atoms with E-state index < -0.39 is 0 Å². The van der Waals surface area contributed by atoms with Gasteiger partial charge >= 0.3 is 0 Å². The molecule has 94 valence electrons. The van der Waals surface area contributed by atoms with Gasteiger partial charge < -0.3 is 5.32 Å². The monoisotopic (exact) mass is 261 g/mol. The third-order valence-electron chi connectivity index (χ3n) is 3.53. The summed E-state index contributed by atoms with van der Waals surface area (Å²) < 4.78 is 0. The van der Waals surface area contributed by atoms with Gasteiger partial charge in [-0.05, 0) is 60.9 Å². The molecule has 0 saturated heterocycles. The van der Waals surface area contributed by atoms with Crippen LogP contribution in [0.4, 0.5) is 0 Å². The molecule has 0 atom stereocenters. The highest BCUT2D eigenvalue weighted by atomic mass is 35.5. The van der Waals surface area contributed by atoms with E-state index in [2.05, 4.69) is 5.32 Å². The van der Waals surface area contributed by atoms with Crippen LogP contribution < -0.4 is 5.32 Å². The van der Waals surface area contributed by atoms with Gasteiger partial charge in [0.15, 0.2) is 0 Å². The van der Waals surface area contributed by atoms with Crippen LogP contribution >= 0.6 is 11.6 Å². The zero-order valence-corrected chi connectivity index (χ0v) is 11.0. The molecule has 3 rings (SSSR count). The van der Waals surface area contributed by atoms with Crippen LogP contribution in [0, 0.1) is 0 Å². The maximum absolute atomic E-state index is 11.8. The summed E-state index contributed by atoms with van der Waals surface area (Å²) >= 11 is 6.01. The molecule has 1 N–H and O–H groups in total. The fourth-order valence-corrected chi connectivity index (χ4v) is 2.66. The number of benzene rings is 1. The number of hydrogen-bond donors (Lipinski definition) is 1. The summed E-state index contributed by atoms with van der Waals surface area (Å²) in [6.45, 7) is 0. The van der Waals surface area contributed by atoms with E-state index in [0.29, 0.717) is 6.04 Å². The molecule has 1 amide bonds. The molecule has 1 saturated carbocycles. The van der Waals surface area contributed by atoms with E-state index in [1.807, 2.05) is 18.2 Å². The first kappa shape index (κ1) is 11.8. The van der Waals surface area contributed by atoms with Crippen LogP contribution in [-0.2, 0) is 11.2 Å². The lowest BCUT2D eigenvalue weighted by molar-refractivity contribution is -0.116. The largest absolute Gasteiger partial charge is 0.350 e. The zero-order chi connectivity index (χ0) is 12.5. The van der Waals surface area contributed by atoms with Crippen molar-refractivity contribution in [2.45, 2.75) is 38.1 Å². The maximum atomic E-state index is 11.8. The minimum Gasteiger partial charge on any atom is -0.350 e. The Morgan fingerprint density at radius 2 is 2.17 bits per heavy atom. The second kappa shape index (κ2) is 4.77. The van der Waals surface area contributed by atoms with Gasteiger partial charge in [0.05, 0.1) is 0 Å². The van der Waals surface area contributed by atoms with Crippen molar-refractivity contribution in [2.24, 2.45) is 0 Å². The van der Waals surface area contributed by atoms with Crippen LogP contribution in [0.2, 0.25) is 5.02 Å². The van der Waals surface area contributed by atoms with Gasteiger partial charge in [0.25, 0.3) is 0 Å². The number of halogens is 1. The van der Waals surface area contributed by atoms with Gasteiger partial charge in [-0.2, -0.15) is 0 Å². The van der Waals surface area contributed by atoms with Gasteiger partial charge in [-0.3, -0.25) is 4.79 Å². The number of nitrogens with one attached hydrogen (secondary N) is 1. The van der Waals surface area contributed by atoms with Crippen molar-refractivity contribution in [3.8, 4) is 0 Å². The molecule has 0 bridgehead atoms. The Hall–Kier alpha value is -1.28. The molecule has 2 nitrogen and oxygen atoms in total. The average molecular weight is 262 g/mol. The highest BCUT2D eigenvalue weighted by Gasteiger charge is 2.23. The highest BCUT2D eigenvalue weighted by molar-refractivity contribution is 6.30. The Bertz CT molecular complexity index is 517. The molecule has 2 aliphatic rings. The van der Waals surface area contributed by atoms with Gasteiger partial charge in [-0.25, -0.2) is 0 Å². The van der Waals surface area contributed by atoms with Crippen LogP contribution in [0.15, 0.2) is 24.3 Å². The maximum Gasteiger partial charge on any atom is 0.244 e. The minimum absolute atomic E-state index is 0.0512. The summed E-state index contributed by atoms with van der Waals surface area (Å²) in [6, 6.07) is 6.37. The highest BCUT2D eigenvalue weighted by Crippen LogP contribution is 2.32. The quantitative estimate of drug-likeness (QED) is 0.813. The van der Waals surface area contributed by atoms with E-state index in [4.69, 9.17) is 11.6 Å². The summed E-state index contributed by atoms with van der Waals surface area (Å²) in [4.78, 5) is 11.8. The Balaban J connectivity index is 1.85. The predicted octanol–water partition coefficient (Wildman–Crippen LogP) is 3.34. The summed E-state index contributed by atoms with van der Waals surface area (Å²) in [5.41, 5.74) is 3.60. The number of allylic oxidation sites excluding steroid dienone is 1. The van der Waals surface area contributed by atoms with E-state index in [-0.39, 0.29) is 5.91 Å². The summed E-state index contributed by atoms with van der Waals surface area (Å²) in [7, 11) is 0.